The summed E-state index contributed by atoms with van der Waals surface area (Å²) in [5.41, 5.74) is 5.36. The van der Waals surface area contributed by atoms with Crippen LogP contribution in [0.5, 0.6) is 11.5 Å². The zero-order valence-electron chi connectivity index (χ0n) is 14.2. The Hall–Kier alpha value is -2.44. The van der Waals surface area contributed by atoms with Crippen LogP contribution in [0.2, 0.25) is 10.0 Å². The van der Waals surface area contributed by atoms with E-state index in [0.717, 1.165) is 5.56 Å². The first kappa shape index (κ1) is 19.9. The monoisotopic (exact) mass is 396 g/mol. The van der Waals surface area contributed by atoms with Crippen LogP contribution in [-0.2, 0) is 9.59 Å². The van der Waals surface area contributed by atoms with Gasteiger partial charge in [0, 0.05) is 5.02 Å². The van der Waals surface area contributed by atoms with E-state index in [9.17, 15) is 9.59 Å². The zero-order chi connectivity index (χ0) is 19.1. The van der Waals surface area contributed by atoms with Crippen molar-refractivity contribution in [3.63, 3.8) is 0 Å². The predicted molar refractivity (Wildman–Crippen MR) is 99.5 cm³/mol. The normalized spacial score (nSPS) is 11.4. The first-order valence-electron chi connectivity index (χ1n) is 7.75. The van der Waals surface area contributed by atoms with Gasteiger partial charge >= 0.3 is 0 Å². The molecule has 0 aliphatic carbocycles. The molecule has 0 aliphatic heterocycles. The average molecular weight is 397 g/mol. The second-order valence-corrected chi connectivity index (χ2v) is 6.24. The molecule has 0 spiro atoms. The highest BCUT2D eigenvalue weighted by molar-refractivity contribution is 6.32. The minimum Gasteiger partial charge on any atom is -0.484 e. The van der Waals surface area contributed by atoms with Gasteiger partial charge in [0.15, 0.2) is 12.7 Å². The summed E-state index contributed by atoms with van der Waals surface area (Å²) in [4.78, 5) is 23.7. The Morgan fingerprint density at radius 2 is 1.81 bits per heavy atom. The molecule has 1 atom stereocenters. The van der Waals surface area contributed by atoms with Gasteiger partial charge in [0.2, 0.25) is 0 Å². The van der Waals surface area contributed by atoms with Crippen LogP contribution >= 0.6 is 23.2 Å². The molecule has 0 bridgehead atoms. The number of carbonyl (C=O) groups is 2. The Labute approximate surface area is 161 Å². The van der Waals surface area contributed by atoms with Crippen molar-refractivity contribution in [2.75, 3.05) is 6.61 Å². The summed E-state index contributed by atoms with van der Waals surface area (Å²) in [5, 5.41) is 1.00. The summed E-state index contributed by atoms with van der Waals surface area (Å²) < 4.78 is 10.8. The van der Waals surface area contributed by atoms with E-state index < -0.39 is 17.9 Å². The van der Waals surface area contributed by atoms with Gasteiger partial charge in [-0.05, 0) is 49.7 Å². The van der Waals surface area contributed by atoms with E-state index in [-0.39, 0.29) is 6.61 Å². The Morgan fingerprint density at radius 1 is 1.08 bits per heavy atom. The molecular formula is C18H18Cl2N2O4. The minimum absolute atomic E-state index is 0.263. The number of para-hydroxylation sites is 1. The van der Waals surface area contributed by atoms with Gasteiger partial charge in [-0.15, -0.1) is 0 Å². The highest BCUT2D eigenvalue weighted by atomic mass is 35.5. The summed E-state index contributed by atoms with van der Waals surface area (Å²) in [6.07, 6.45) is -0.852. The van der Waals surface area contributed by atoms with Gasteiger partial charge in [0.05, 0.1) is 5.02 Å². The Balaban J connectivity index is 1.76. The van der Waals surface area contributed by atoms with Gasteiger partial charge in [-0.1, -0.05) is 35.3 Å². The van der Waals surface area contributed by atoms with Gasteiger partial charge in [0.1, 0.15) is 11.5 Å². The molecule has 2 aromatic rings. The van der Waals surface area contributed by atoms with E-state index in [1.807, 2.05) is 6.92 Å². The molecule has 6 nitrogen and oxygen atoms in total. The van der Waals surface area contributed by atoms with E-state index in [0.29, 0.717) is 21.5 Å². The average Bonchev–Trinajstić information content (AvgIpc) is 2.62. The van der Waals surface area contributed by atoms with Crippen molar-refractivity contribution in [1.82, 2.24) is 10.9 Å². The SMILES string of the molecule is Cc1cc(OCC(=O)NNC(=O)C(C)Oc2ccccc2Cl)ccc1Cl. The molecule has 138 valence electrons. The molecule has 0 heterocycles. The standard InChI is InChI=1S/C18H18Cl2N2O4/c1-11-9-13(7-8-14(11)19)25-10-17(23)21-22-18(24)12(2)26-16-6-4-3-5-15(16)20/h3-9,12H,10H2,1-2H3,(H,21,23)(H,22,24). The van der Waals surface area contributed by atoms with Crippen LogP contribution in [0.1, 0.15) is 12.5 Å². The van der Waals surface area contributed by atoms with Crippen molar-refractivity contribution >= 4 is 35.0 Å². The summed E-state index contributed by atoms with van der Waals surface area (Å²) >= 11 is 11.9. The van der Waals surface area contributed by atoms with E-state index in [4.69, 9.17) is 32.7 Å². The molecule has 0 aliphatic rings. The van der Waals surface area contributed by atoms with Crippen LogP contribution in [0, 0.1) is 6.92 Å². The van der Waals surface area contributed by atoms with Crippen LogP contribution < -0.4 is 20.3 Å². The molecule has 0 saturated heterocycles. The second-order valence-electron chi connectivity index (χ2n) is 5.43. The fourth-order valence-electron chi connectivity index (χ4n) is 1.91. The van der Waals surface area contributed by atoms with Crippen LogP contribution in [0.25, 0.3) is 0 Å². The third-order valence-electron chi connectivity index (χ3n) is 3.33. The van der Waals surface area contributed by atoms with Crippen molar-refractivity contribution in [2.24, 2.45) is 0 Å². The lowest BCUT2D eigenvalue weighted by molar-refractivity contribution is -0.133. The van der Waals surface area contributed by atoms with Crippen molar-refractivity contribution in [1.29, 1.82) is 0 Å². The lowest BCUT2D eigenvalue weighted by atomic mass is 10.2. The lowest BCUT2D eigenvalue weighted by Crippen LogP contribution is -2.48. The fraction of sp³-hybridized carbons (Fsp3) is 0.222. The third-order valence-corrected chi connectivity index (χ3v) is 4.07. The largest absolute Gasteiger partial charge is 0.484 e. The molecular weight excluding hydrogens is 379 g/mol. The number of amides is 2. The quantitative estimate of drug-likeness (QED) is 0.734. The lowest BCUT2D eigenvalue weighted by Gasteiger charge is -2.16. The predicted octanol–water partition coefficient (Wildman–Crippen LogP) is 3.30. The molecule has 0 saturated carbocycles. The zero-order valence-corrected chi connectivity index (χ0v) is 15.7. The number of carbonyl (C=O) groups excluding carboxylic acids is 2. The molecule has 26 heavy (non-hydrogen) atoms. The molecule has 2 N–H and O–H groups in total. The smallest absolute Gasteiger partial charge is 0.279 e. The summed E-state index contributed by atoms with van der Waals surface area (Å²) in [5.74, 6) is -0.162. The van der Waals surface area contributed by atoms with E-state index >= 15 is 0 Å². The molecule has 2 aromatic carbocycles. The Morgan fingerprint density at radius 3 is 2.50 bits per heavy atom. The first-order chi connectivity index (χ1) is 12.4. The molecule has 8 heteroatoms. The van der Waals surface area contributed by atoms with Gasteiger partial charge in [-0.25, -0.2) is 0 Å². The number of nitrogens with one attached hydrogen (secondary N) is 2. The highest BCUT2D eigenvalue weighted by Crippen LogP contribution is 2.24. The second kappa shape index (κ2) is 9.31. The first-order valence-corrected chi connectivity index (χ1v) is 8.51. The maximum atomic E-state index is 12.0. The maximum Gasteiger partial charge on any atom is 0.279 e. The number of aryl methyl sites for hydroxylation is 1. The van der Waals surface area contributed by atoms with Crippen LogP contribution in [0.4, 0.5) is 0 Å². The Kier molecular flexibility index (Phi) is 7.12. The molecule has 0 fully saturated rings. The summed E-state index contributed by atoms with van der Waals surface area (Å²) in [7, 11) is 0. The highest BCUT2D eigenvalue weighted by Gasteiger charge is 2.16. The molecule has 2 amide bonds. The topological polar surface area (TPSA) is 76.7 Å². The van der Waals surface area contributed by atoms with Gasteiger partial charge in [0.25, 0.3) is 11.8 Å². The van der Waals surface area contributed by atoms with Crippen LogP contribution in [0.15, 0.2) is 42.5 Å². The van der Waals surface area contributed by atoms with Gasteiger partial charge < -0.3 is 9.47 Å². The number of hydrogen-bond acceptors (Lipinski definition) is 4. The molecule has 0 radical (unpaired) electrons. The number of hydrazine groups is 1. The molecule has 2 rings (SSSR count). The minimum atomic E-state index is -0.852. The summed E-state index contributed by atoms with van der Waals surface area (Å²) in [6.45, 7) is 3.11. The summed E-state index contributed by atoms with van der Waals surface area (Å²) in [6, 6.07) is 11.8. The molecule has 1 unspecified atom stereocenters. The van der Waals surface area contributed by atoms with Gasteiger partial charge in [-0.2, -0.15) is 0 Å². The number of hydrogen-bond donors (Lipinski definition) is 2. The number of halogens is 2. The van der Waals surface area contributed by atoms with E-state index in [1.54, 1.807) is 42.5 Å². The Bertz CT molecular complexity index is 799. The molecule has 0 aromatic heterocycles. The van der Waals surface area contributed by atoms with Gasteiger partial charge in [-0.3, -0.25) is 20.4 Å². The van der Waals surface area contributed by atoms with Crippen LogP contribution in [0.3, 0.4) is 0 Å². The van der Waals surface area contributed by atoms with Crippen molar-refractivity contribution in [3.05, 3.63) is 58.1 Å². The number of benzene rings is 2. The number of ether oxygens (including phenoxy) is 2. The van der Waals surface area contributed by atoms with Crippen LogP contribution in [-0.4, -0.2) is 24.5 Å². The fourth-order valence-corrected chi connectivity index (χ4v) is 2.21. The number of rotatable bonds is 6. The third kappa shape index (κ3) is 5.82. The van der Waals surface area contributed by atoms with E-state index in [1.165, 1.54) is 6.92 Å². The van der Waals surface area contributed by atoms with E-state index in [2.05, 4.69) is 10.9 Å². The van der Waals surface area contributed by atoms with Crippen molar-refractivity contribution < 1.29 is 19.1 Å². The maximum absolute atomic E-state index is 12.0. The van der Waals surface area contributed by atoms with Crippen molar-refractivity contribution in [2.45, 2.75) is 20.0 Å². The van der Waals surface area contributed by atoms with Crippen molar-refractivity contribution in [3.8, 4) is 11.5 Å².